The maximum atomic E-state index is 13.8. The van der Waals surface area contributed by atoms with Crippen molar-refractivity contribution >= 4 is 0 Å². The van der Waals surface area contributed by atoms with Gasteiger partial charge in [0.1, 0.15) is 0 Å². The van der Waals surface area contributed by atoms with Crippen molar-refractivity contribution in [3.63, 3.8) is 0 Å². The van der Waals surface area contributed by atoms with Crippen molar-refractivity contribution < 1.29 is 9.13 Å². The number of hydrogen-bond donors (Lipinski definition) is 0. The molecule has 17 heavy (non-hydrogen) atoms. The molecule has 0 radical (unpaired) electrons. The standard InChI is InChI=1S/C15H21FO/c1-15(2,3)12-7-8-14(13(16)9-12)17-10-11-5-4-6-11/h7-9,11H,4-6,10H2,1-3H3. The first kappa shape index (κ1) is 12.4. The lowest BCUT2D eigenvalue weighted by molar-refractivity contribution is 0.175. The van der Waals surface area contributed by atoms with Gasteiger partial charge in [0.15, 0.2) is 11.6 Å². The van der Waals surface area contributed by atoms with Crippen LogP contribution in [0.25, 0.3) is 0 Å². The van der Waals surface area contributed by atoms with Crippen LogP contribution in [-0.4, -0.2) is 6.61 Å². The van der Waals surface area contributed by atoms with Gasteiger partial charge in [-0.15, -0.1) is 0 Å². The van der Waals surface area contributed by atoms with Crippen LogP contribution in [0.15, 0.2) is 18.2 Å². The quantitative estimate of drug-likeness (QED) is 0.760. The molecule has 1 aliphatic carbocycles. The molecule has 0 atom stereocenters. The molecule has 2 rings (SSSR count). The molecule has 0 amide bonds. The number of hydrogen-bond acceptors (Lipinski definition) is 1. The second kappa shape index (κ2) is 4.67. The summed E-state index contributed by atoms with van der Waals surface area (Å²) in [7, 11) is 0. The maximum Gasteiger partial charge on any atom is 0.165 e. The van der Waals surface area contributed by atoms with E-state index in [2.05, 4.69) is 20.8 Å². The molecule has 1 aliphatic rings. The minimum Gasteiger partial charge on any atom is -0.490 e. The van der Waals surface area contributed by atoms with Gasteiger partial charge in [-0.25, -0.2) is 4.39 Å². The highest BCUT2D eigenvalue weighted by Gasteiger charge is 2.20. The number of ether oxygens (including phenoxy) is 1. The highest BCUT2D eigenvalue weighted by Crippen LogP contribution is 2.30. The zero-order valence-corrected chi connectivity index (χ0v) is 10.9. The molecule has 1 nitrogen and oxygen atoms in total. The first-order chi connectivity index (χ1) is 7.97. The summed E-state index contributed by atoms with van der Waals surface area (Å²) in [5.74, 6) is 0.790. The van der Waals surface area contributed by atoms with E-state index in [0.29, 0.717) is 18.3 Å². The highest BCUT2D eigenvalue weighted by atomic mass is 19.1. The Morgan fingerprint density at radius 3 is 2.47 bits per heavy atom. The summed E-state index contributed by atoms with van der Waals surface area (Å²) in [6.07, 6.45) is 3.74. The Bertz CT molecular complexity index is 388. The Balaban J connectivity index is 2.03. The molecule has 1 fully saturated rings. The normalized spacial score (nSPS) is 16.7. The number of rotatable bonds is 3. The lowest BCUT2D eigenvalue weighted by atomic mass is 9.86. The Labute approximate surface area is 103 Å². The lowest BCUT2D eigenvalue weighted by Gasteiger charge is -2.25. The first-order valence-corrected chi connectivity index (χ1v) is 6.39. The third-order valence-electron chi connectivity index (χ3n) is 3.50. The van der Waals surface area contributed by atoms with E-state index in [-0.39, 0.29) is 11.2 Å². The molecule has 0 saturated heterocycles. The van der Waals surface area contributed by atoms with Crippen molar-refractivity contribution in [1.29, 1.82) is 0 Å². The molecule has 94 valence electrons. The van der Waals surface area contributed by atoms with Crippen LogP contribution < -0.4 is 4.74 Å². The Morgan fingerprint density at radius 1 is 1.29 bits per heavy atom. The molecule has 0 aromatic heterocycles. The average Bonchev–Trinajstić information content (AvgIpc) is 2.16. The predicted octanol–water partition coefficient (Wildman–Crippen LogP) is 4.30. The van der Waals surface area contributed by atoms with Gasteiger partial charge >= 0.3 is 0 Å². The minimum atomic E-state index is -0.239. The van der Waals surface area contributed by atoms with Crippen LogP contribution in [0.4, 0.5) is 4.39 Å². The van der Waals surface area contributed by atoms with Crippen LogP contribution in [0.3, 0.4) is 0 Å². The molecule has 0 N–H and O–H groups in total. The molecule has 1 saturated carbocycles. The minimum absolute atomic E-state index is 0.0205. The molecule has 2 heteroatoms. The Kier molecular flexibility index (Phi) is 3.41. The molecule has 0 spiro atoms. The van der Waals surface area contributed by atoms with Gasteiger partial charge in [-0.1, -0.05) is 33.3 Å². The molecule has 0 unspecified atom stereocenters. The van der Waals surface area contributed by atoms with E-state index in [1.165, 1.54) is 19.3 Å². The van der Waals surface area contributed by atoms with E-state index in [4.69, 9.17) is 4.74 Å². The zero-order chi connectivity index (χ0) is 12.5. The van der Waals surface area contributed by atoms with E-state index in [9.17, 15) is 4.39 Å². The SMILES string of the molecule is CC(C)(C)c1ccc(OCC2CCC2)c(F)c1. The van der Waals surface area contributed by atoms with Crippen molar-refractivity contribution in [1.82, 2.24) is 0 Å². The maximum absolute atomic E-state index is 13.8. The van der Waals surface area contributed by atoms with Gasteiger partial charge in [0.25, 0.3) is 0 Å². The molecular weight excluding hydrogens is 215 g/mol. The lowest BCUT2D eigenvalue weighted by Crippen LogP contribution is -2.19. The summed E-state index contributed by atoms with van der Waals surface area (Å²) in [5, 5.41) is 0. The first-order valence-electron chi connectivity index (χ1n) is 6.39. The summed E-state index contributed by atoms with van der Waals surface area (Å²) in [6, 6.07) is 5.31. The van der Waals surface area contributed by atoms with E-state index >= 15 is 0 Å². The summed E-state index contributed by atoms with van der Waals surface area (Å²) in [5.41, 5.74) is 0.985. The molecule has 0 heterocycles. The summed E-state index contributed by atoms with van der Waals surface area (Å²) in [4.78, 5) is 0. The molecular formula is C15H21FO. The topological polar surface area (TPSA) is 9.23 Å². The van der Waals surface area contributed by atoms with Crippen molar-refractivity contribution in [2.45, 2.75) is 45.4 Å². The van der Waals surface area contributed by atoms with Gasteiger partial charge in [0.05, 0.1) is 6.61 Å². The average molecular weight is 236 g/mol. The smallest absolute Gasteiger partial charge is 0.165 e. The van der Waals surface area contributed by atoms with Crippen LogP contribution in [0.5, 0.6) is 5.75 Å². The van der Waals surface area contributed by atoms with Gasteiger partial charge in [-0.05, 0) is 41.9 Å². The fourth-order valence-corrected chi connectivity index (χ4v) is 1.95. The Morgan fingerprint density at radius 2 is 2.00 bits per heavy atom. The van der Waals surface area contributed by atoms with Crippen LogP contribution in [-0.2, 0) is 5.41 Å². The number of halogens is 1. The van der Waals surface area contributed by atoms with Gasteiger partial charge < -0.3 is 4.74 Å². The van der Waals surface area contributed by atoms with Crippen LogP contribution in [0.2, 0.25) is 0 Å². The van der Waals surface area contributed by atoms with Gasteiger partial charge in [-0.2, -0.15) is 0 Å². The summed E-state index contributed by atoms with van der Waals surface area (Å²) >= 11 is 0. The highest BCUT2D eigenvalue weighted by molar-refractivity contribution is 5.32. The van der Waals surface area contributed by atoms with Crippen LogP contribution in [0.1, 0.15) is 45.6 Å². The van der Waals surface area contributed by atoms with Crippen LogP contribution in [0, 0.1) is 11.7 Å². The summed E-state index contributed by atoms with van der Waals surface area (Å²) < 4.78 is 19.4. The van der Waals surface area contributed by atoms with E-state index in [1.807, 2.05) is 6.07 Å². The van der Waals surface area contributed by atoms with Crippen LogP contribution >= 0.6 is 0 Å². The Hall–Kier alpha value is -1.05. The molecule has 1 aromatic carbocycles. The molecule has 0 aliphatic heterocycles. The van der Waals surface area contributed by atoms with E-state index in [0.717, 1.165) is 5.56 Å². The predicted molar refractivity (Wildman–Crippen MR) is 67.9 cm³/mol. The molecule has 1 aromatic rings. The summed E-state index contributed by atoms with van der Waals surface area (Å²) in [6.45, 7) is 6.90. The van der Waals surface area contributed by atoms with Crippen molar-refractivity contribution in [2.75, 3.05) is 6.61 Å². The van der Waals surface area contributed by atoms with Crippen molar-refractivity contribution in [3.05, 3.63) is 29.6 Å². The van der Waals surface area contributed by atoms with Gasteiger partial charge in [-0.3, -0.25) is 0 Å². The monoisotopic (exact) mass is 236 g/mol. The van der Waals surface area contributed by atoms with Crippen molar-refractivity contribution in [2.24, 2.45) is 5.92 Å². The van der Waals surface area contributed by atoms with E-state index < -0.39 is 0 Å². The van der Waals surface area contributed by atoms with Crippen molar-refractivity contribution in [3.8, 4) is 5.75 Å². The molecule has 0 bridgehead atoms. The second-order valence-corrected chi connectivity index (χ2v) is 6.00. The fraction of sp³-hybridized carbons (Fsp3) is 0.600. The third kappa shape index (κ3) is 2.99. The van der Waals surface area contributed by atoms with E-state index in [1.54, 1.807) is 12.1 Å². The van der Waals surface area contributed by atoms with Gasteiger partial charge in [0.2, 0.25) is 0 Å². The number of benzene rings is 1. The largest absolute Gasteiger partial charge is 0.490 e. The van der Waals surface area contributed by atoms with Gasteiger partial charge in [0, 0.05) is 0 Å². The fourth-order valence-electron chi connectivity index (χ4n) is 1.95. The zero-order valence-electron chi connectivity index (χ0n) is 10.9. The third-order valence-corrected chi connectivity index (χ3v) is 3.50. The second-order valence-electron chi connectivity index (χ2n) is 6.00.